The Balaban J connectivity index is 0. The molecule has 0 aromatic carbocycles. The largest absolute Gasteiger partial charge is 2.00 e. The zero-order valence-corrected chi connectivity index (χ0v) is 7.03. The number of hydrogen-bond donors (Lipinski definition) is 0. The topological polar surface area (TPSA) is 0 Å². The SMILES string of the molecule is [C-]1=CC=CC1.[Cl-].[Zr+2]. The molecule has 0 fully saturated rings. The molecular formula is C5H5ClZr. The van der Waals surface area contributed by atoms with E-state index in [9.17, 15) is 0 Å². The van der Waals surface area contributed by atoms with Gasteiger partial charge in [-0.3, -0.25) is 6.08 Å². The van der Waals surface area contributed by atoms with Gasteiger partial charge in [-0.1, -0.05) is 0 Å². The Bertz CT molecular complexity index is 66.1. The van der Waals surface area contributed by atoms with Crippen molar-refractivity contribution in [2.24, 2.45) is 0 Å². The molecule has 7 heavy (non-hydrogen) atoms. The van der Waals surface area contributed by atoms with Gasteiger partial charge in [0.15, 0.2) is 0 Å². The molecule has 0 unspecified atom stereocenters. The van der Waals surface area contributed by atoms with Crippen molar-refractivity contribution in [2.75, 3.05) is 0 Å². The third-order valence-corrected chi connectivity index (χ3v) is 0.586. The standard InChI is InChI=1S/C5H5.ClH.Zr/c1-2-4-5-3-1;;/h1-3H,4H2;1H;/q-1;;+2/p-1. The molecule has 0 atom stereocenters. The van der Waals surface area contributed by atoms with Crippen LogP contribution in [-0.2, 0) is 26.2 Å². The molecule has 1 rings (SSSR count). The van der Waals surface area contributed by atoms with Crippen LogP contribution in [0.1, 0.15) is 6.42 Å². The average Bonchev–Trinajstić information content (AvgIpc) is 1.76. The minimum absolute atomic E-state index is 0. The second-order valence-corrected chi connectivity index (χ2v) is 1.00. The molecule has 0 aromatic heterocycles. The molecule has 0 saturated heterocycles. The van der Waals surface area contributed by atoms with Crippen LogP contribution in [0.25, 0.3) is 0 Å². The fourth-order valence-corrected chi connectivity index (χ4v) is 0.340. The molecule has 0 bridgehead atoms. The van der Waals surface area contributed by atoms with Crippen LogP contribution in [0.4, 0.5) is 0 Å². The van der Waals surface area contributed by atoms with E-state index in [-0.39, 0.29) is 38.6 Å². The molecule has 1 aliphatic rings. The average molecular weight is 192 g/mol. The van der Waals surface area contributed by atoms with Crippen LogP contribution in [0.5, 0.6) is 0 Å². The predicted molar refractivity (Wildman–Crippen MR) is 21.6 cm³/mol. The maximum absolute atomic E-state index is 2.99. The first-order chi connectivity index (χ1) is 2.50. The number of allylic oxidation sites excluding steroid dienone is 4. The minimum Gasteiger partial charge on any atom is -1.00 e. The van der Waals surface area contributed by atoms with Gasteiger partial charge in [0.25, 0.3) is 0 Å². The molecule has 0 saturated carbocycles. The molecule has 0 radical (unpaired) electrons. The number of halogens is 1. The van der Waals surface area contributed by atoms with Crippen LogP contribution in [0.2, 0.25) is 0 Å². The summed E-state index contributed by atoms with van der Waals surface area (Å²) in [5.74, 6) is 0. The van der Waals surface area contributed by atoms with Gasteiger partial charge in [0.05, 0.1) is 0 Å². The van der Waals surface area contributed by atoms with Gasteiger partial charge in [-0.2, -0.15) is 6.08 Å². The van der Waals surface area contributed by atoms with Crippen molar-refractivity contribution in [1.29, 1.82) is 0 Å². The number of rotatable bonds is 0. The smallest absolute Gasteiger partial charge is 1.00 e. The Hall–Kier alpha value is 0.653. The fourth-order valence-electron chi connectivity index (χ4n) is 0.340. The quantitative estimate of drug-likeness (QED) is 0.401. The Labute approximate surface area is 69.2 Å². The predicted octanol–water partition coefficient (Wildman–Crippen LogP) is -1.69. The van der Waals surface area contributed by atoms with E-state index < -0.39 is 0 Å². The van der Waals surface area contributed by atoms with Gasteiger partial charge >= 0.3 is 26.2 Å². The van der Waals surface area contributed by atoms with Crippen LogP contribution in [0.3, 0.4) is 0 Å². The summed E-state index contributed by atoms with van der Waals surface area (Å²) in [7, 11) is 0. The molecule has 0 spiro atoms. The van der Waals surface area contributed by atoms with Gasteiger partial charge in [0.1, 0.15) is 0 Å². The fraction of sp³-hybridized carbons (Fsp3) is 0.200. The van der Waals surface area contributed by atoms with E-state index >= 15 is 0 Å². The third kappa shape index (κ3) is 4.51. The van der Waals surface area contributed by atoms with Crippen molar-refractivity contribution in [3.8, 4) is 0 Å². The van der Waals surface area contributed by atoms with Crippen molar-refractivity contribution in [3.63, 3.8) is 0 Å². The molecule has 0 aliphatic heterocycles. The molecule has 0 heterocycles. The van der Waals surface area contributed by atoms with Gasteiger partial charge in [0.2, 0.25) is 0 Å². The van der Waals surface area contributed by atoms with E-state index in [1.54, 1.807) is 0 Å². The van der Waals surface area contributed by atoms with Crippen molar-refractivity contribution in [1.82, 2.24) is 0 Å². The molecule has 0 N–H and O–H groups in total. The molecule has 2 heteroatoms. The van der Waals surface area contributed by atoms with Crippen LogP contribution >= 0.6 is 0 Å². The second-order valence-electron chi connectivity index (χ2n) is 1.00. The summed E-state index contributed by atoms with van der Waals surface area (Å²) in [5.41, 5.74) is 0. The van der Waals surface area contributed by atoms with E-state index in [2.05, 4.69) is 12.2 Å². The molecule has 0 amide bonds. The van der Waals surface area contributed by atoms with Crippen LogP contribution in [0, 0.1) is 6.08 Å². The molecule has 0 aromatic rings. The van der Waals surface area contributed by atoms with Gasteiger partial charge in [-0.15, -0.1) is 6.42 Å². The molecule has 1 aliphatic carbocycles. The summed E-state index contributed by atoms with van der Waals surface area (Å²) in [6.07, 6.45) is 10.0. The van der Waals surface area contributed by atoms with Crippen molar-refractivity contribution >= 4 is 0 Å². The summed E-state index contributed by atoms with van der Waals surface area (Å²) in [4.78, 5) is 0. The van der Waals surface area contributed by atoms with Gasteiger partial charge < -0.3 is 12.4 Å². The maximum Gasteiger partial charge on any atom is 2.00 e. The van der Waals surface area contributed by atoms with E-state index in [4.69, 9.17) is 0 Å². The van der Waals surface area contributed by atoms with Crippen molar-refractivity contribution in [3.05, 3.63) is 24.3 Å². The van der Waals surface area contributed by atoms with Crippen LogP contribution in [0.15, 0.2) is 18.2 Å². The third-order valence-electron chi connectivity index (χ3n) is 0.586. The minimum atomic E-state index is 0. The van der Waals surface area contributed by atoms with E-state index in [0.717, 1.165) is 6.42 Å². The second kappa shape index (κ2) is 6.65. The van der Waals surface area contributed by atoms with E-state index in [0.29, 0.717) is 0 Å². The maximum atomic E-state index is 2.99. The first-order valence-electron chi connectivity index (χ1n) is 1.72. The van der Waals surface area contributed by atoms with Crippen molar-refractivity contribution < 1.29 is 38.6 Å². The van der Waals surface area contributed by atoms with Crippen molar-refractivity contribution in [2.45, 2.75) is 6.42 Å². The molecular weight excluding hydrogens is 187 g/mol. The molecule has 36 valence electrons. The van der Waals surface area contributed by atoms with Gasteiger partial charge in [-0.05, 0) is 0 Å². The molecule has 0 nitrogen and oxygen atoms in total. The Morgan fingerprint density at radius 2 is 2.14 bits per heavy atom. The summed E-state index contributed by atoms with van der Waals surface area (Å²) < 4.78 is 0. The Morgan fingerprint density at radius 3 is 2.29 bits per heavy atom. The number of hydrogen-bond acceptors (Lipinski definition) is 0. The van der Waals surface area contributed by atoms with Gasteiger partial charge in [0, 0.05) is 0 Å². The first-order valence-corrected chi connectivity index (χ1v) is 1.72. The Kier molecular flexibility index (Phi) is 10.1. The monoisotopic (exact) mass is 190 g/mol. The van der Waals surface area contributed by atoms with Crippen LogP contribution < -0.4 is 12.4 Å². The zero-order valence-electron chi connectivity index (χ0n) is 3.82. The zero-order chi connectivity index (χ0) is 3.54. The summed E-state index contributed by atoms with van der Waals surface area (Å²) >= 11 is 0. The Morgan fingerprint density at radius 1 is 1.43 bits per heavy atom. The summed E-state index contributed by atoms with van der Waals surface area (Å²) in [6, 6.07) is 0. The normalized spacial score (nSPS) is 12.6. The van der Waals surface area contributed by atoms with Gasteiger partial charge in [-0.25, -0.2) is 12.2 Å². The summed E-state index contributed by atoms with van der Waals surface area (Å²) in [5, 5.41) is 0. The first kappa shape index (κ1) is 10.6. The van der Waals surface area contributed by atoms with E-state index in [1.807, 2.05) is 12.2 Å². The van der Waals surface area contributed by atoms with Crippen LogP contribution in [-0.4, -0.2) is 0 Å². The van der Waals surface area contributed by atoms with E-state index in [1.165, 1.54) is 0 Å². The summed E-state index contributed by atoms with van der Waals surface area (Å²) in [6.45, 7) is 0.